The van der Waals surface area contributed by atoms with Crippen LogP contribution in [0.3, 0.4) is 0 Å². The van der Waals surface area contributed by atoms with Gasteiger partial charge in [-0.05, 0) is 51.4 Å². The fourth-order valence-electron chi connectivity index (χ4n) is 8.89. The molecule has 0 unspecified atom stereocenters. The molecule has 1 heterocycles. The quantitative estimate of drug-likeness (QED) is 0.230. The van der Waals surface area contributed by atoms with Gasteiger partial charge in [-0.15, -0.1) is 0 Å². The molecule has 4 aliphatic carbocycles. The fraction of sp³-hybridized carbons (Fsp3) is 1.00. The highest BCUT2D eigenvalue weighted by Gasteiger charge is 2.70. The normalized spacial score (nSPS) is 39.3. The Labute approximate surface area is 247 Å². The van der Waals surface area contributed by atoms with Crippen LogP contribution in [0.25, 0.3) is 0 Å². The minimum atomic E-state index is -2.96. The second kappa shape index (κ2) is 14.1. The molecule has 5 fully saturated rings. The Morgan fingerprint density at radius 1 is 0.375 bits per heavy atom. The lowest BCUT2D eigenvalue weighted by atomic mass is 10.4. The molecule has 5 rings (SSSR count). The first-order chi connectivity index (χ1) is 19.5. The van der Waals surface area contributed by atoms with Crippen LogP contribution in [-0.2, 0) is 35.4 Å². The third-order valence-electron chi connectivity index (χ3n) is 10.7. The molecule has 4 saturated carbocycles. The average molecular weight is 633 g/mol. The molecule has 5 aliphatic rings. The Bertz CT molecular complexity index is 646. The lowest BCUT2D eigenvalue weighted by Crippen LogP contribution is -2.77. The molecular weight excluding hydrogens is 577 g/mol. The van der Waals surface area contributed by atoms with Gasteiger partial charge in [0, 0.05) is 50.6 Å². The van der Waals surface area contributed by atoms with Crippen molar-refractivity contribution in [3.8, 4) is 0 Å². The predicted molar refractivity (Wildman–Crippen MR) is 164 cm³/mol. The molecule has 232 valence electrons. The van der Waals surface area contributed by atoms with Crippen molar-refractivity contribution < 1.29 is 35.4 Å². The van der Waals surface area contributed by atoms with E-state index in [-0.39, 0.29) is 0 Å². The number of ether oxygens (including phenoxy) is 4. The summed E-state index contributed by atoms with van der Waals surface area (Å²) in [6.45, 7) is 0. The van der Waals surface area contributed by atoms with Crippen LogP contribution >= 0.6 is 0 Å². The summed E-state index contributed by atoms with van der Waals surface area (Å²) < 4.78 is 56.0. The zero-order valence-corrected chi connectivity index (χ0v) is 29.7. The molecule has 8 nitrogen and oxygen atoms in total. The van der Waals surface area contributed by atoms with Crippen molar-refractivity contribution in [2.45, 2.75) is 125 Å². The molecule has 0 spiro atoms. The van der Waals surface area contributed by atoms with E-state index in [0.717, 1.165) is 51.4 Å². The summed E-state index contributed by atoms with van der Waals surface area (Å²) in [5.41, 5.74) is 1.55. The lowest BCUT2D eigenvalue weighted by molar-refractivity contribution is 0.101. The Hall–Kier alpha value is 0.548. The minimum absolute atomic E-state index is 0.387. The maximum absolute atomic E-state index is 7.90. The Kier molecular flexibility index (Phi) is 11.3. The van der Waals surface area contributed by atoms with E-state index in [1.54, 1.807) is 0 Å². The first-order valence-corrected chi connectivity index (χ1v) is 24.7. The van der Waals surface area contributed by atoms with E-state index in [9.17, 15) is 0 Å². The Morgan fingerprint density at radius 3 is 0.700 bits per heavy atom. The van der Waals surface area contributed by atoms with E-state index in [4.69, 9.17) is 35.4 Å². The van der Waals surface area contributed by atoms with Crippen molar-refractivity contribution >= 4 is 34.2 Å². The van der Waals surface area contributed by atoms with Crippen LogP contribution in [0, 0.1) is 0 Å². The van der Waals surface area contributed by atoms with Crippen molar-refractivity contribution in [3.05, 3.63) is 0 Å². The highest BCUT2D eigenvalue weighted by atomic mass is 28.5. The second-order valence-corrected chi connectivity index (χ2v) is 27.5. The van der Waals surface area contributed by atoms with E-state index < -0.39 is 34.2 Å². The smallest absolute Gasteiger partial charge is 0.350 e. The van der Waals surface area contributed by atoms with Crippen molar-refractivity contribution in [2.75, 3.05) is 53.4 Å². The molecule has 0 radical (unpaired) electrons. The van der Waals surface area contributed by atoms with Gasteiger partial charge in [0.15, 0.2) is 0 Å². The van der Waals surface area contributed by atoms with E-state index in [1.807, 2.05) is 28.4 Å². The van der Waals surface area contributed by atoms with Crippen LogP contribution in [-0.4, -0.2) is 87.6 Å². The summed E-state index contributed by atoms with van der Waals surface area (Å²) in [7, 11) is -4.57. The highest BCUT2D eigenvalue weighted by Crippen LogP contribution is 2.55. The van der Waals surface area contributed by atoms with Crippen molar-refractivity contribution in [2.24, 2.45) is 0 Å². The standard InChI is InChI=1S/C28H56O8Si4/c1-29-21-37(25-13-5-6-14-25)33-38(22-30-2,26-15-7-8-16-26)35-40(24-32-4,28-19-11-12-20-28)36-39(34-37,23-31-3)27-17-9-10-18-27/h25-28H,5-24H2,1-4H3. The molecule has 1 saturated heterocycles. The maximum Gasteiger partial charge on any atom is 0.350 e. The maximum atomic E-state index is 7.90. The number of hydrogen-bond acceptors (Lipinski definition) is 8. The lowest BCUT2D eigenvalue weighted by Gasteiger charge is -2.57. The molecule has 0 N–H and O–H groups in total. The molecule has 12 heteroatoms. The molecular formula is C28H56O8Si4. The van der Waals surface area contributed by atoms with E-state index in [2.05, 4.69) is 0 Å². The molecule has 1 aliphatic heterocycles. The summed E-state index contributed by atoms with van der Waals surface area (Å²) in [6, 6.07) is 0. The van der Waals surface area contributed by atoms with Crippen molar-refractivity contribution in [1.82, 2.24) is 0 Å². The second-order valence-electron chi connectivity index (χ2n) is 13.3. The van der Waals surface area contributed by atoms with Gasteiger partial charge in [-0.3, -0.25) is 0 Å². The van der Waals surface area contributed by atoms with Crippen LogP contribution in [0.1, 0.15) is 103 Å². The zero-order chi connectivity index (χ0) is 28.1. The molecule has 0 amide bonds. The van der Waals surface area contributed by atoms with Gasteiger partial charge in [-0.25, -0.2) is 0 Å². The summed E-state index contributed by atoms with van der Waals surface area (Å²) in [5, 5.41) is 0. The van der Waals surface area contributed by atoms with Gasteiger partial charge >= 0.3 is 34.2 Å². The van der Waals surface area contributed by atoms with Crippen molar-refractivity contribution in [1.29, 1.82) is 0 Å². The third kappa shape index (κ3) is 6.34. The van der Waals surface area contributed by atoms with Crippen LogP contribution < -0.4 is 0 Å². The van der Waals surface area contributed by atoms with Gasteiger partial charge in [-0.1, -0.05) is 51.4 Å². The summed E-state index contributed by atoms with van der Waals surface area (Å²) >= 11 is 0. The fourth-order valence-corrected chi connectivity index (χ4v) is 35.3. The van der Waals surface area contributed by atoms with E-state index in [0.29, 0.717) is 47.1 Å². The van der Waals surface area contributed by atoms with Gasteiger partial charge in [-0.2, -0.15) is 0 Å². The van der Waals surface area contributed by atoms with Gasteiger partial charge in [0.25, 0.3) is 0 Å². The number of methoxy groups -OCH3 is 4. The molecule has 40 heavy (non-hydrogen) atoms. The van der Waals surface area contributed by atoms with Crippen LogP contribution in [0.4, 0.5) is 0 Å². The topological polar surface area (TPSA) is 73.8 Å². The first-order valence-electron chi connectivity index (χ1n) is 16.3. The van der Waals surface area contributed by atoms with Crippen LogP contribution in [0.2, 0.25) is 22.2 Å². The van der Waals surface area contributed by atoms with Crippen molar-refractivity contribution in [3.63, 3.8) is 0 Å². The summed E-state index contributed by atoms with van der Waals surface area (Å²) in [6.07, 6.45) is 21.1. The average Bonchev–Trinajstić information content (AvgIpc) is 3.76. The highest BCUT2D eigenvalue weighted by molar-refractivity contribution is 6.96. The SMILES string of the molecule is COC[Si]1(C2CCCC2)O[Si](COC)(C2CCCC2)O[Si](COC)(C2CCCC2)O[Si](COC)(C2CCCC2)O1. The van der Waals surface area contributed by atoms with Gasteiger partial charge in [0.05, 0.1) is 24.9 Å². The zero-order valence-electron chi connectivity index (χ0n) is 25.7. The monoisotopic (exact) mass is 632 g/mol. The Balaban J connectivity index is 1.70. The largest absolute Gasteiger partial charge is 0.412 e. The Morgan fingerprint density at radius 2 is 0.550 bits per heavy atom. The van der Waals surface area contributed by atoms with E-state index in [1.165, 1.54) is 51.4 Å². The summed E-state index contributed by atoms with van der Waals surface area (Å²) in [5.74, 6) is 0. The van der Waals surface area contributed by atoms with Crippen LogP contribution in [0.15, 0.2) is 0 Å². The van der Waals surface area contributed by atoms with Gasteiger partial charge < -0.3 is 35.4 Å². The number of hydrogen-bond donors (Lipinski definition) is 0. The minimum Gasteiger partial charge on any atom is -0.412 e. The van der Waals surface area contributed by atoms with Crippen LogP contribution in [0.5, 0.6) is 0 Å². The van der Waals surface area contributed by atoms with Gasteiger partial charge in [0.2, 0.25) is 0 Å². The predicted octanol–water partition coefficient (Wildman–Crippen LogP) is 6.35. The first kappa shape index (κ1) is 32.0. The number of rotatable bonds is 12. The molecule has 0 aromatic carbocycles. The molecule has 0 aromatic heterocycles. The molecule has 0 aromatic rings. The molecule has 0 bridgehead atoms. The van der Waals surface area contributed by atoms with E-state index >= 15 is 0 Å². The summed E-state index contributed by atoms with van der Waals surface area (Å²) in [4.78, 5) is 0. The molecule has 0 atom stereocenters. The third-order valence-corrected chi connectivity index (χ3v) is 31.8. The van der Waals surface area contributed by atoms with Gasteiger partial charge in [0.1, 0.15) is 0 Å².